The van der Waals surface area contributed by atoms with Crippen LogP contribution in [0.4, 0.5) is 0 Å². The summed E-state index contributed by atoms with van der Waals surface area (Å²) in [5.74, 6) is 0.786. The van der Waals surface area contributed by atoms with E-state index in [1.165, 1.54) is 0 Å². The van der Waals surface area contributed by atoms with Crippen molar-refractivity contribution in [1.82, 2.24) is 10.7 Å². The average Bonchev–Trinajstić information content (AvgIpc) is 3.55. The van der Waals surface area contributed by atoms with Crippen molar-refractivity contribution >= 4 is 28.5 Å². The van der Waals surface area contributed by atoms with E-state index in [-0.39, 0.29) is 24.3 Å². The predicted molar refractivity (Wildman–Crippen MR) is 130 cm³/mol. The molecule has 0 radical (unpaired) electrons. The molecule has 3 aromatic rings. The highest BCUT2D eigenvalue weighted by Gasteiger charge is 2.29. The molecule has 2 heterocycles. The molecule has 2 N–H and O–H groups in total. The van der Waals surface area contributed by atoms with Crippen LogP contribution in [-0.4, -0.2) is 23.6 Å². The van der Waals surface area contributed by atoms with E-state index in [4.69, 9.17) is 8.83 Å². The number of furan rings is 2. The van der Waals surface area contributed by atoms with Crippen molar-refractivity contribution < 1.29 is 18.4 Å². The molecule has 0 bridgehead atoms. The van der Waals surface area contributed by atoms with Crippen molar-refractivity contribution in [3.63, 3.8) is 0 Å². The minimum atomic E-state index is -0.208. The molecule has 7 heteroatoms. The summed E-state index contributed by atoms with van der Waals surface area (Å²) in [6, 6.07) is 4.27. The molecule has 0 saturated heterocycles. The lowest BCUT2D eigenvalue weighted by Crippen LogP contribution is -2.32. The third kappa shape index (κ3) is 4.15. The summed E-state index contributed by atoms with van der Waals surface area (Å²) in [4.78, 5) is 25.5. The maximum absolute atomic E-state index is 12.8. The predicted octanol–water partition coefficient (Wildman–Crippen LogP) is 5.02. The Morgan fingerprint density at radius 2 is 1.85 bits per heavy atom. The van der Waals surface area contributed by atoms with Crippen LogP contribution in [-0.2, 0) is 17.6 Å². The SMILES string of the molecule is Cc1ccc2c(CC(=O)N/N=C3\CCCc4oc(C(=O)NC5CCCC5)c(C)c43)coc2c1C. The molecular weight excluding hydrogens is 430 g/mol. The van der Waals surface area contributed by atoms with Crippen LogP contribution in [0.2, 0.25) is 0 Å². The highest BCUT2D eigenvalue weighted by atomic mass is 16.4. The van der Waals surface area contributed by atoms with Crippen LogP contribution in [0.3, 0.4) is 0 Å². The normalized spacial score (nSPS) is 17.3. The molecule has 7 nitrogen and oxygen atoms in total. The van der Waals surface area contributed by atoms with E-state index < -0.39 is 0 Å². The third-order valence-electron chi connectivity index (χ3n) is 7.23. The van der Waals surface area contributed by atoms with Gasteiger partial charge in [-0.1, -0.05) is 25.0 Å². The molecule has 2 amide bonds. The van der Waals surface area contributed by atoms with Crippen LogP contribution in [0.1, 0.15) is 82.7 Å². The maximum atomic E-state index is 12.8. The number of rotatable bonds is 5. The van der Waals surface area contributed by atoms with Crippen LogP contribution < -0.4 is 10.7 Å². The summed E-state index contributed by atoms with van der Waals surface area (Å²) in [5, 5.41) is 8.51. The number of amides is 2. The minimum Gasteiger partial charge on any atom is -0.464 e. The molecule has 5 rings (SSSR count). The van der Waals surface area contributed by atoms with Gasteiger partial charge in [-0.15, -0.1) is 0 Å². The summed E-state index contributed by atoms with van der Waals surface area (Å²) in [6.45, 7) is 5.96. The summed E-state index contributed by atoms with van der Waals surface area (Å²) in [7, 11) is 0. The molecule has 2 aliphatic carbocycles. The quantitative estimate of drug-likeness (QED) is 0.521. The number of aryl methyl sites for hydroxylation is 3. The molecule has 0 unspecified atom stereocenters. The van der Waals surface area contributed by atoms with E-state index >= 15 is 0 Å². The standard InChI is InChI=1S/C27H31N3O4/c1-15-11-12-20-18(14-33-25(20)16(15)2)13-23(31)30-29-21-9-6-10-22-24(21)17(3)26(34-22)27(32)28-19-7-4-5-8-19/h11-12,14,19H,4-10,13H2,1-3H3,(H,28,32)(H,30,31)/b29-21+. The molecule has 1 aromatic carbocycles. The van der Waals surface area contributed by atoms with Gasteiger partial charge in [0.2, 0.25) is 5.91 Å². The smallest absolute Gasteiger partial charge is 0.287 e. The van der Waals surface area contributed by atoms with Crippen LogP contribution in [0.5, 0.6) is 0 Å². The molecule has 34 heavy (non-hydrogen) atoms. The van der Waals surface area contributed by atoms with Gasteiger partial charge in [-0.3, -0.25) is 9.59 Å². The lowest BCUT2D eigenvalue weighted by Gasteiger charge is -2.13. The minimum absolute atomic E-state index is 0.153. The number of nitrogens with zero attached hydrogens (tertiary/aromatic N) is 1. The Balaban J connectivity index is 1.31. The van der Waals surface area contributed by atoms with Gasteiger partial charge in [0.05, 0.1) is 18.4 Å². The van der Waals surface area contributed by atoms with E-state index in [0.717, 1.165) is 95.2 Å². The van der Waals surface area contributed by atoms with Gasteiger partial charge in [0.15, 0.2) is 5.76 Å². The van der Waals surface area contributed by atoms with Gasteiger partial charge >= 0.3 is 0 Å². The highest BCUT2D eigenvalue weighted by Crippen LogP contribution is 2.31. The van der Waals surface area contributed by atoms with Gasteiger partial charge in [0, 0.05) is 34.5 Å². The maximum Gasteiger partial charge on any atom is 0.287 e. The molecule has 0 spiro atoms. The summed E-state index contributed by atoms with van der Waals surface area (Å²) in [6.07, 6.45) is 8.54. The Morgan fingerprint density at radius 1 is 1.06 bits per heavy atom. The average molecular weight is 462 g/mol. The zero-order valence-corrected chi connectivity index (χ0v) is 20.0. The van der Waals surface area contributed by atoms with Crippen molar-refractivity contribution in [2.75, 3.05) is 0 Å². The lowest BCUT2D eigenvalue weighted by molar-refractivity contribution is -0.120. The monoisotopic (exact) mass is 461 g/mol. The van der Waals surface area contributed by atoms with E-state index in [1.54, 1.807) is 6.26 Å². The number of fused-ring (bicyclic) bond motifs is 2. The molecular formula is C27H31N3O4. The molecule has 178 valence electrons. The van der Waals surface area contributed by atoms with Gasteiger partial charge < -0.3 is 14.2 Å². The highest BCUT2D eigenvalue weighted by molar-refractivity contribution is 6.06. The molecule has 0 atom stereocenters. The Bertz CT molecular complexity index is 1290. The number of hydrogen-bond acceptors (Lipinski definition) is 5. The fraction of sp³-hybridized carbons (Fsp3) is 0.444. The van der Waals surface area contributed by atoms with Crippen molar-refractivity contribution in [2.24, 2.45) is 5.10 Å². The molecule has 1 fully saturated rings. The Labute approximate surface area is 199 Å². The lowest BCUT2D eigenvalue weighted by atomic mass is 9.93. The first-order valence-corrected chi connectivity index (χ1v) is 12.2. The first-order valence-electron chi connectivity index (χ1n) is 12.2. The second kappa shape index (κ2) is 9.12. The van der Waals surface area contributed by atoms with Crippen LogP contribution >= 0.6 is 0 Å². The van der Waals surface area contributed by atoms with Gasteiger partial charge in [0.25, 0.3) is 5.91 Å². The van der Waals surface area contributed by atoms with Crippen molar-refractivity contribution in [3.05, 3.63) is 57.7 Å². The van der Waals surface area contributed by atoms with Crippen molar-refractivity contribution in [1.29, 1.82) is 0 Å². The zero-order valence-electron chi connectivity index (χ0n) is 20.0. The van der Waals surface area contributed by atoms with Crippen molar-refractivity contribution in [2.45, 2.75) is 78.2 Å². The third-order valence-corrected chi connectivity index (χ3v) is 7.23. The van der Waals surface area contributed by atoms with Crippen molar-refractivity contribution in [3.8, 4) is 0 Å². The van der Waals surface area contributed by atoms with Gasteiger partial charge in [-0.05, 0) is 57.6 Å². The number of hydrazone groups is 1. The topological polar surface area (TPSA) is 96.8 Å². The number of carbonyl (C=O) groups excluding carboxylic acids is 2. The van der Waals surface area contributed by atoms with Gasteiger partial charge in [0.1, 0.15) is 11.3 Å². The van der Waals surface area contributed by atoms with Gasteiger partial charge in [-0.2, -0.15) is 5.10 Å². The van der Waals surface area contributed by atoms with Crippen LogP contribution in [0.25, 0.3) is 11.0 Å². The zero-order chi connectivity index (χ0) is 23.8. The Morgan fingerprint density at radius 3 is 2.65 bits per heavy atom. The first-order chi connectivity index (χ1) is 16.4. The molecule has 2 aliphatic rings. The molecule has 0 aliphatic heterocycles. The number of nitrogens with one attached hydrogen (secondary N) is 2. The van der Waals surface area contributed by atoms with Crippen LogP contribution in [0.15, 0.2) is 32.3 Å². The second-order valence-electron chi connectivity index (χ2n) is 9.58. The fourth-order valence-corrected chi connectivity index (χ4v) is 5.19. The van der Waals surface area contributed by atoms with E-state index in [0.29, 0.717) is 5.76 Å². The van der Waals surface area contributed by atoms with E-state index in [9.17, 15) is 9.59 Å². The summed E-state index contributed by atoms with van der Waals surface area (Å²) in [5.41, 5.74) is 9.04. The van der Waals surface area contributed by atoms with Crippen LogP contribution in [0, 0.1) is 20.8 Å². The number of hydrogen-bond donors (Lipinski definition) is 2. The Kier molecular flexibility index (Phi) is 6.02. The molecule has 1 saturated carbocycles. The fourth-order valence-electron chi connectivity index (χ4n) is 5.19. The van der Waals surface area contributed by atoms with E-state index in [1.807, 2.05) is 32.9 Å². The Hall–Kier alpha value is -3.35. The van der Waals surface area contributed by atoms with Gasteiger partial charge in [-0.25, -0.2) is 5.43 Å². The van der Waals surface area contributed by atoms with E-state index in [2.05, 4.69) is 15.8 Å². The largest absolute Gasteiger partial charge is 0.464 e. The summed E-state index contributed by atoms with van der Waals surface area (Å²) >= 11 is 0. The first kappa shape index (κ1) is 22.4. The second-order valence-corrected chi connectivity index (χ2v) is 9.58. The number of carbonyl (C=O) groups is 2. The number of benzene rings is 1. The molecule has 2 aromatic heterocycles. The summed E-state index contributed by atoms with van der Waals surface area (Å²) < 4.78 is 11.7.